The van der Waals surface area contributed by atoms with Crippen molar-refractivity contribution < 1.29 is 19.0 Å². The molecule has 0 saturated heterocycles. The van der Waals surface area contributed by atoms with Crippen LogP contribution in [0.2, 0.25) is 0 Å². The molecule has 1 N–H and O–H groups in total. The number of nitrogens with zero attached hydrogens (tertiary/aromatic N) is 1. The number of hydrogen-bond acceptors (Lipinski definition) is 2. The third-order valence-electron chi connectivity index (χ3n) is 4.09. The van der Waals surface area contributed by atoms with Crippen LogP contribution in [0.3, 0.4) is 0 Å². The Morgan fingerprint density at radius 3 is 2.56 bits per heavy atom. The second-order valence-corrected chi connectivity index (χ2v) is 6.41. The average molecular weight is 341 g/mol. The number of fused-ring (bicyclic) bond motifs is 1. The van der Waals surface area contributed by atoms with E-state index in [-0.39, 0.29) is 11.3 Å². The number of aromatic nitrogens is 1. The van der Waals surface area contributed by atoms with E-state index < -0.39 is 11.8 Å². The summed E-state index contributed by atoms with van der Waals surface area (Å²) in [5, 5.41) is 9.84. The summed E-state index contributed by atoms with van der Waals surface area (Å²) in [6.07, 6.45) is 2.70. The van der Waals surface area contributed by atoms with E-state index in [1.165, 1.54) is 18.2 Å². The van der Waals surface area contributed by atoms with E-state index in [1.54, 1.807) is 18.2 Å². The van der Waals surface area contributed by atoms with Gasteiger partial charge in [0, 0.05) is 23.3 Å². The topological polar surface area (TPSA) is 51.5 Å². The average Bonchev–Trinajstić information content (AvgIpc) is 2.97. The first kappa shape index (κ1) is 17.0. The molecular formula is C20H20FNO3. The first-order valence-corrected chi connectivity index (χ1v) is 8.23. The molecule has 130 valence electrons. The Labute approximate surface area is 145 Å². The SMILES string of the molecule is CC(C)CCOc1cc2ccn(-c3ccc(C(=O)O)cc3)c2cc1F. The monoisotopic (exact) mass is 341 g/mol. The van der Waals surface area contributed by atoms with E-state index in [4.69, 9.17) is 9.84 Å². The summed E-state index contributed by atoms with van der Waals surface area (Å²) in [6, 6.07) is 11.5. The number of ether oxygens (including phenoxy) is 1. The van der Waals surface area contributed by atoms with E-state index in [1.807, 2.05) is 16.8 Å². The summed E-state index contributed by atoms with van der Waals surface area (Å²) >= 11 is 0. The number of carboxylic acid groups (broad SMARTS) is 1. The zero-order valence-corrected chi connectivity index (χ0v) is 14.2. The van der Waals surface area contributed by atoms with E-state index in [9.17, 15) is 9.18 Å². The minimum Gasteiger partial charge on any atom is -0.490 e. The summed E-state index contributed by atoms with van der Waals surface area (Å²) in [5.74, 6) is -0.620. The Balaban J connectivity index is 1.91. The van der Waals surface area contributed by atoms with Crippen LogP contribution in [0, 0.1) is 11.7 Å². The molecular weight excluding hydrogens is 321 g/mol. The summed E-state index contributed by atoms with van der Waals surface area (Å²) in [7, 11) is 0. The molecule has 0 spiro atoms. The number of carboxylic acids is 1. The molecule has 1 aromatic heterocycles. The lowest BCUT2D eigenvalue weighted by molar-refractivity contribution is 0.0697. The van der Waals surface area contributed by atoms with Gasteiger partial charge in [0.05, 0.1) is 17.7 Å². The van der Waals surface area contributed by atoms with E-state index >= 15 is 0 Å². The molecule has 0 unspecified atom stereocenters. The van der Waals surface area contributed by atoms with E-state index in [0.717, 1.165) is 17.5 Å². The standard InChI is InChI=1S/C20H20FNO3/c1-13(2)8-10-25-19-11-15-7-9-22(18(15)12-17(19)21)16-5-3-14(4-6-16)20(23)24/h3-7,9,11-13H,8,10H2,1-2H3,(H,23,24). The second-order valence-electron chi connectivity index (χ2n) is 6.41. The molecule has 0 atom stereocenters. The van der Waals surface area contributed by atoms with Crippen molar-refractivity contribution in [3.05, 3.63) is 60.0 Å². The lowest BCUT2D eigenvalue weighted by Crippen LogP contribution is -2.03. The van der Waals surface area contributed by atoms with Gasteiger partial charge in [-0.2, -0.15) is 0 Å². The van der Waals surface area contributed by atoms with Crippen LogP contribution in [0.25, 0.3) is 16.6 Å². The zero-order valence-electron chi connectivity index (χ0n) is 14.2. The van der Waals surface area contributed by atoms with Crippen LogP contribution in [0.5, 0.6) is 5.75 Å². The predicted octanol–water partition coefficient (Wildman–Crippen LogP) is 4.89. The van der Waals surface area contributed by atoms with Crippen molar-refractivity contribution in [2.24, 2.45) is 5.92 Å². The molecule has 4 nitrogen and oxygen atoms in total. The highest BCUT2D eigenvalue weighted by Crippen LogP contribution is 2.28. The van der Waals surface area contributed by atoms with Crippen LogP contribution in [-0.2, 0) is 0 Å². The molecule has 0 saturated carbocycles. The van der Waals surface area contributed by atoms with E-state index in [0.29, 0.717) is 18.0 Å². The number of hydrogen-bond donors (Lipinski definition) is 1. The molecule has 5 heteroatoms. The summed E-state index contributed by atoms with van der Waals surface area (Å²) in [6.45, 7) is 4.68. The van der Waals surface area contributed by atoms with Gasteiger partial charge in [-0.3, -0.25) is 0 Å². The van der Waals surface area contributed by atoms with Crippen LogP contribution in [0.4, 0.5) is 4.39 Å². The molecule has 0 aliphatic heterocycles. The zero-order chi connectivity index (χ0) is 18.0. The van der Waals surface area contributed by atoms with Gasteiger partial charge in [0.1, 0.15) is 0 Å². The highest BCUT2D eigenvalue weighted by molar-refractivity contribution is 5.88. The molecule has 0 aliphatic rings. The molecule has 0 aliphatic carbocycles. The minimum absolute atomic E-state index is 0.215. The van der Waals surface area contributed by atoms with Crippen molar-refractivity contribution in [2.45, 2.75) is 20.3 Å². The quantitative estimate of drug-likeness (QED) is 0.694. The number of aromatic carboxylic acids is 1. The highest BCUT2D eigenvalue weighted by Gasteiger charge is 2.11. The van der Waals surface area contributed by atoms with Crippen molar-refractivity contribution in [3.63, 3.8) is 0 Å². The van der Waals surface area contributed by atoms with Gasteiger partial charge in [0.15, 0.2) is 11.6 Å². The molecule has 1 heterocycles. The van der Waals surface area contributed by atoms with Crippen LogP contribution in [0.1, 0.15) is 30.6 Å². The van der Waals surface area contributed by atoms with Crippen LogP contribution < -0.4 is 4.74 Å². The first-order valence-electron chi connectivity index (χ1n) is 8.23. The largest absolute Gasteiger partial charge is 0.490 e. The molecule has 2 aromatic carbocycles. The fraction of sp³-hybridized carbons (Fsp3) is 0.250. The van der Waals surface area contributed by atoms with E-state index in [2.05, 4.69) is 13.8 Å². The van der Waals surface area contributed by atoms with Crippen molar-refractivity contribution >= 4 is 16.9 Å². The minimum atomic E-state index is -0.974. The summed E-state index contributed by atoms with van der Waals surface area (Å²) in [4.78, 5) is 11.0. The normalized spacial score (nSPS) is 11.2. The maximum absolute atomic E-state index is 14.4. The molecule has 3 rings (SSSR count). The number of benzene rings is 2. The smallest absolute Gasteiger partial charge is 0.335 e. The van der Waals surface area contributed by atoms with Gasteiger partial charge in [0.2, 0.25) is 0 Å². The van der Waals surface area contributed by atoms with Crippen molar-refractivity contribution in [2.75, 3.05) is 6.61 Å². The Morgan fingerprint density at radius 1 is 1.20 bits per heavy atom. The molecule has 0 radical (unpaired) electrons. The predicted molar refractivity (Wildman–Crippen MR) is 95.1 cm³/mol. The second kappa shape index (κ2) is 6.97. The van der Waals surface area contributed by atoms with Crippen LogP contribution >= 0.6 is 0 Å². The summed E-state index contributed by atoms with van der Waals surface area (Å²) in [5.41, 5.74) is 1.69. The third-order valence-corrected chi connectivity index (χ3v) is 4.09. The van der Waals surface area contributed by atoms with Gasteiger partial charge < -0.3 is 14.4 Å². The van der Waals surface area contributed by atoms with Crippen molar-refractivity contribution in [1.82, 2.24) is 4.57 Å². The fourth-order valence-corrected chi connectivity index (χ4v) is 2.64. The van der Waals surface area contributed by atoms with Crippen molar-refractivity contribution in [1.29, 1.82) is 0 Å². The third kappa shape index (κ3) is 3.65. The molecule has 0 amide bonds. The van der Waals surface area contributed by atoms with Crippen LogP contribution in [-0.4, -0.2) is 22.2 Å². The Kier molecular flexibility index (Phi) is 4.74. The first-order chi connectivity index (χ1) is 12.0. The van der Waals surface area contributed by atoms with Crippen molar-refractivity contribution in [3.8, 4) is 11.4 Å². The van der Waals surface area contributed by atoms with Gasteiger partial charge in [0.25, 0.3) is 0 Å². The van der Waals surface area contributed by atoms with Gasteiger partial charge in [-0.15, -0.1) is 0 Å². The Hall–Kier alpha value is -2.82. The highest BCUT2D eigenvalue weighted by atomic mass is 19.1. The lowest BCUT2D eigenvalue weighted by Gasteiger charge is -2.10. The van der Waals surface area contributed by atoms with Gasteiger partial charge in [-0.25, -0.2) is 9.18 Å². The lowest BCUT2D eigenvalue weighted by atomic mass is 10.1. The van der Waals surface area contributed by atoms with Gasteiger partial charge in [-0.1, -0.05) is 13.8 Å². The van der Waals surface area contributed by atoms with Gasteiger partial charge >= 0.3 is 5.97 Å². The summed E-state index contributed by atoms with van der Waals surface area (Å²) < 4.78 is 21.8. The maximum atomic E-state index is 14.4. The maximum Gasteiger partial charge on any atom is 0.335 e. The van der Waals surface area contributed by atoms with Gasteiger partial charge in [-0.05, 0) is 48.7 Å². The Morgan fingerprint density at radius 2 is 1.92 bits per heavy atom. The molecule has 0 bridgehead atoms. The fourth-order valence-electron chi connectivity index (χ4n) is 2.64. The number of rotatable bonds is 6. The van der Waals surface area contributed by atoms with Crippen LogP contribution in [0.15, 0.2) is 48.7 Å². The number of carbonyl (C=O) groups is 1. The molecule has 3 aromatic rings. The Bertz CT molecular complexity index is 897. The number of halogens is 1. The molecule has 25 heavy (non-hydrogen) atoms. The molecule has 0 fully saturated rings.